The smallest absolute Gasteiger partial charge is 0.262 e. The number of amides is 3. The highest BCUT2D eigenvalue weighted by atomic mass is 35.5. The molecule has 0 saturated carbocycles. The lowest BCUT2D eigenvalue weighted by Gasteiger charge is -2.24. The lowest BCUT2D eigenvalue weighted by atomic mass is 10.1. The zero-order valence-corrected chi connectivity index (χ0v) is 17.1. The second-order valence-electron chi connectivity index (χ2n) is 6.70. The zero-order valence-electron chi connectivity index (χ0n) is 15.5. The highest BCUT2D eigenvalue weighted by Crippen LogP contribution is 2.31. The van der Waals surface area contributed by atoms with E-state index in [0.29, 0.717) is 5.76 Å². The molecule has 0 bridgehead atoms. The Morgan fingerprint density at radius 3 is 2.30 bits per heavy atom. The summed E-state index contributed by atoms with van der Waals surface area (Å²) in [5, 5.41) is 0.335. The van der Waals surface area contributed by atoms with Gasteiger partial charge in [-0.25, -0.2) is 0 Å². The Morgan fingerprint density at radius 2 is 1.73 bits per heavy atom. The Kier molecular flexibility index (Phi) is 5.57. The molecule has 2 aromatic heterocycles. The molecule has 0 aliphatic carbocycles. The van der Waals surface area contributed by atoms with Crippen molar-refractivity contribution in [2.75, 3.05) is 6.54 Å². The van der Waals surface area contributed by atoms with E-state index in [0.717, 1.165) is 10.5 Å². The van der Waals surface area contributed by atoms with Crippen molar-refractivity contribution < 1.29 is 18.8 Å². The highest BCUT2D eigenvalue weighted by Gasteiger charge is 2.38. The number of hydrogen-bond acceptors (Lipinski definition) is 5. The fraction of sp³-hybridized carbons (Fsp3) is 0.143. The van der Waals surface area contributed by atoms with Gasteiger partial charge in [-0.15, -0.1) is 0 Å². The van der Waals surface area contributed by atoms with Gasteiger partial charge in [-0.05, 0) is 35.9 Å². The van der Waals surface area contributed by atoms with Gasteiger partial charge in [-0.2, -0.15) is 0 Å². The number of pyridine rings is 1. The number of hydrogen-bond donors (Lipinski definition) is 0. The van der Waals surface area contributed by atoms with E-state index in [9.17, 15) is 14.4 Å². The summed E-state index contributed by atoms with van der Waals surface area (Å²) in [5.41, 5.74) is 1.07. The molecule has 7 nitrogen and oxygen atoms in total. The first-order valence-corrected chi connectivity index (χ1v) is 9.74. The fourth-order valence-electron chi connectivity index (χ4n) is 3.20. The molecule has 1 aliphatic rings. The lowest BCUT2D eigenvalue weighted by molar-refractivity contribution is -0.133. The molecular formula is C21H15Cl2N3O4. The third-order valence-corrected chi connectivity index (χ3v) is 5.40. The molecule has 4 rings (SSSR count). The number of benzene rings is 1. The van der Waals surface area contributed by atoms with Gasteiger partial charge in [0.2, 0.25) is 5.91 Å². The minimum absolute atomic E-state index is 0.132. The predicted molar refractivity (Wildman–Crippen MR) is 109 cm³/mol. The van der Waals surface area contributed by atoms with E-state index in [4.69, 9.17) is 27.6 Å². The molecule has 30 heavy (non-hydrogen) atoms. The SMILES string of the molecule is O=C(CN1C(=O)c2cc(Cl)c(Cl)cc2C1=O)N(Cc1cccnc1)Cc1ccco1. The van der Waals surface area contributed by atoms with Crippen LogP contribution in [0.3, 0.4) is 0 Å². The molecular weight excluding hydrogens is 429 g/mol. The van der Waals surface area contributed by atoms with Gasteiger partial charge in [0, 0.05) is 18.9 Å². The number of nitrogens with zero attached hydrogens (tertiary/aromatic N) is 3. The van der Waals surface area contributed by atoms with Crippen LogP contribution in [0.15, 0.2) is 59.5 Å². The first kappa shape index (κ1) is 20.1. The largest absolute Gasteiger partial charge is 0.467 e. The van der Waals surface area contributed by atoms with E-state index in [1.54, 1.807) is 30.6 Å². The summed E-state index contributed by atoms with van der Waals surface area (Å²) in [4.78, 5) is 44.9. The molecule has 0 radical (unpaired) electrons. The van der Waals surface area contributed by atoms with E-state index >= 15 is 0 Å². The molecule has 1 aliphatic heterocycles. The highest BCUT2D eigenvalue weighted by molar-refractivity contribution is 6.43. The van der Waals surface area contributed by atoms with Gasteiger partial charge in [-0.3, -0.25) is 24.3 Å². The number of rotatable bonds is 6. The van der Waals surface area contributed by atoms with E-state index in [2.05, 4.69) is 4.98 Å². The van der Waals surface area contributed by atoms with E-state index in [-0.39, 0.29) is 34.3 Å². The molecule has 0 unspecified atom stereocenters. The van der Waals surface area contributed by atoms with Crippen molar-refractivity contribution in [1.82, 2.24) is 14.8 Å². The van der Waals surface area contributed by atoms with Gasteiger partial charge in [0.15, 0.2) is 0 Å². The van der Waals surface area contributed by atoms with Crippen molar-refractivity contribution in [2.45, 2.75) is 13.1 Å². The first-order chi connectivity index (χ1) is 14.4. The molecule has 0 atom stereocenters. The second-order valence-corrected chi connectivity index (χ2v) is 7.51. The number of aromatic nitrogens is 1. The summed E-state index contributed by atoms with van der Waals surface area (Å²) in [5.74, 6) is -1.00. The normalized spacial score (nSPS) is 12.9. The minimum atomic E-state index is -0.582. The van der Waals surface area contributed by atoms with Crippen LogP contribution >= 0.6 is 23.2 Å². The van der Waals surface area contributed by atoms with Crippen LogP contribution in [-0.2, 0) is 17.9 Å². The number of halogens is 2. The second kappa shape index (κ2) is 8.30. The quantitative estimate of drug-likeness (QED) is 0.540. The van der Waals surface area contributed by atoms with Crippen LogP contribution in [0.1, 0.15) is 32.0 Å². The average molecular weight is 444 g/mol. The van der Waals surface area contributed by atoms with Crippen molar-refractivity contribution in [3.8, 4) is 0 Å². The number of carbonyl (C=O) groups is 3. The van der Waals surface area contributed by atoms with Crippen molar-refractivity contribution in [3.05, 3.63) is 87.6 Å². The van der Waals surface area contributed by atoms with Gasteiger partial charge in [0.1, 0.15) is 12.3 Å². The Labute approximate surface area is 181 Å². The van der Waals surface area contributed by atoms with Crippen LogP contribution in [0.5, 0.6) is 0 Å². The Bertz CT molecular complexity index is 1080. The van der Waals surface area contributed by atoms with E-state index in [1.807, 2.05) is 6.07 Å². The van der Waals surface area contributed by atoms with Gasteiger partial charge in [-0.1, -0.05) is 29.3 Å². The summed E-state index contributed by atoms with van der Waals surface area (Å²) in [6.07, 6.45) is 4.80. The van der Waals surface area contributed by atoms with Gasteiger partial charge in [0.25, 0.3) is 11.8 Å². The molecule has 3 aromatic rings. The van der Waals surface area contributed by atoms with Crippen LogP contribution < -0.4 is 0 Å². The lowest BCUT2D eigenvalue weighted by Crippen LogP contribution is -2.42. The molecule has 0 fully saturated rings. The molecule has 0 saturated heterocycles. The third kappa shape index (κ3) is 3.94. The maximum absolute atomic E-state index is 13.1. The zero-order chi connectivity index (χ0) is 21.3. The summed E-state index contributed by atoms with van der Waals surface area (Å²) >= 11 is 11.9. The monoisotopic (exact) mass is 443 g/mol. The first-order valence-electron chi connectivity index (χ1n) is 8.98. The number of furan rings is 1. The fourth-order valence-corrected chi connectivity index (χ4v) is 3.52. The molecule has 9 heteroatoms. The summed E-state index contributed by atoms with van der Waals surface area (Å²) in [6.45, 7) is 0.0122. The number of imide groups is 1. The van der Waals surface area contributed by atoms with Crippen LogP contribution in [0.2, 0.25) is 10.0 Å². The molecule has 0 spiro atoms. The van der Waals surface area contributed by atoms with E-state index in [1.165, 1.54) is 23.3 Å². The van der Waals surface area contributed by atoms with Crippen LogP contribution in [-0.4, -0.2) is 39.1 Å². The molecule has 1 aromatic carbocycles. The molecule has 3 heterocycles. The van der Waals surface area contributed by atoms with Crippen LogP contribution in [0.25, 0.3) is 0 Å². The average Bonchev–Trinajstić information content (AvgIpc) is 3.32. The topological polar surface area (TPSA) is 83.7 Å². The van der Waals surface area contributed by atoms with Crippen LogP contribution in [0.4, 0.5) is 0 Å². The van der Waals surface area contributed by atoms with Crippen molar-refractivity contribution in [3.63, 3.8) is 0 Å². The summed E-state index contributed by atoms with van der Waals surface area (Å²) in [6, 6.07) is 9.76. The molecule has 152 valence electrons. The Hall–Kier alpha value is -3.16. The summed E-state index contributed by atoms with van der Waals surface area (Å²) in [7, 11) is 0. The van der Waals surface area contributed by atoms with Gasteiger partial charge < -0.3 is 9.32 Å². The maximum atomic E-state index is 13.1. The van der Waals surface area contributed by atoms with E-state index < -0.39 is 24.3 Å². The number of fused-ring (bicyclic) bond motifs is 1. The van der Waals surface area contributed by atoms with Crippen molar-refractivity contribution in [2.24, 2.45) is 0 Å². The maximum Gasteiger partial charge on any atom is 0.262 e. The molecule has 3 amide bonds. The molecule has 0 N–H and O–H groups in total. The third-order valence-electron chi connectivity index (χ3n) is 4.68. The standard InChI is InChI=1S/C21H15Cl2N3O4/c22-17-7-15-16(8-18(17)23)21(29)26(20(15)28)12-19(27)25(11-14-4-2-6-30-14)10-13-3-1-5-24-9-13/h1-9H,10-12H2. The Morgan fingerprint density at radius 1 is 1.03 bits per heavy atom. The van der Waals surface area contributed by atoms with Gasteiger partial charge in [0.05, 0.1) is 34.0 Å². The van der Waals surface area contributed by atoms with Crippen molar-refractivity contribution in [1.29, 1.82) is 0 Å². The van der Waals surface area contributed by atoms with Crippen LogP contribution in [0, 0.1) is 0 Å². The predicted octanol–water partition coefficient (Wildman–Crippen LogP) is 3.81. The van der Waals surface area contributed by atoms with Gasteiger partial charge >= 0.3 is 0 Å². The summed E-state index contributed by atoms with van der Waals surface area (Å²) < 4.78 is 5.35. The number of carbonyl (C=O) groups excluding carboxylic acids is 3. The van der Waals surface area contributed by atoms with Crippen molar-refractivity contribution >= 4 is 40.9 Å². The minimum Gasteiger partial charge on any atom is -0.467 e. The Balaban J connectivity index is 1.56.